The zero-order valence-electron chi connectivity index (χ0n) is 9.74. The van der Waals surface area contributed by atoms with Gasteiger partial charge in [0.15, 0.2) is 0 Å². The van der Waals surface area contributed by atoms with Crippen molar-refractivity contribution in [2.75, 3.05) is 19.8 Å². The van der Waals surface area contributed by atoms with Gasteiger partial charge in [-0.15, -0.1) is 0 Å². The lowest BCUT2D eigenvalue weighted by Gasteiger charge is -2.16. The van der Waals surface area contributed by atoms with Crippen LogP contribution >= 0.6 is 0 Å². The Bertz CT molecular complexity index is 250. The molecular weight excluding hydrogens is 206 g/mol. The molecular formula is C11H20N3O2. The normalized spacial score (nSPS) is 18.3. The molecule has 0 aliphatic carbocycles. The Morgan fingerprint density at radius 3 is 2.62 bits per heavy atom. The van der Waals surface area contributed by atoms with Gasteiger partial charge in [-0.1, -0.05) is 6.92 Å². The Hall–Kier alpha value is -1.10. The van der Waals surface area contributed by atoms with Gasteiger partial charge in [-0.25, -0.2) is 0 Å². The number of nitrogens with zero attached hydrogens (tertiary/aromatic N) is 1. The van der Waals surface area contributed by atoms with Crippen molar-refractivity contribution in [3.05, 3.63) is 6.42 Å². The first-order valence-electron chi connectivity index (χ1n) is 5.71. The predicted octanol–water partition coefficient (Wildman–Crippen LogP) is -0.128. The first kappa shape index (κ1) is 13.0. The van der Waals surface area contributed by atoms with Crippen LogP contribution in [0.15, 0.2) is 0 Å². The van der Waals surface area contributed by atoms with Crippen molar-refractivity contribution in [3.8, 4) is 0 Å². The lowest BCUT2D eigenvalue weighted by atomic mass is 10.0. The summed E-state index contributed by atoms with van der Waals surface area (Å²) >= 11 is 0. The highest BCUT2D eigenvalue weighted by Gasteiger charge is 2.14. The van der Waals surface area contributed by atoms with Gasteiger partial charge in [0, 0.05) is 6.42 Å². The van der Waals surface area contributed by atoms with E-state index in [2.05, 4.69) is 10.2 Å². The summed E-state index contributed by atoms with van der Waals surface area (Å²) in [5, 5.41) is 2.81. The molecule has 1 radical (unpaired) electrons. The highest BCUT2D eigenvalue weighted by molar-refractivity contribution is 5.86. The van der Waals surface area contributed by atoms with Crippen molar-refractivity contribution < 1.29 is 9.59 Å². The molecule has 3 N–H and O–H groups in total. The second kappa shape index (κ2) is 6.48. The Morgan fingerprint density at radius 2 is 2.06 bits per heavy atom. The fourth-order valence-electron chi connectivity index (χ4n) is 1.82. The fraction of sp³-hybridized carbons (Fsp3) is 0.727. The van der Waals surface area contributed by atoms with Crippen molar-refractivity contribution in [3.63, 3.8) is 0 Å². The first-order chi connectivity index (χ1) is 7.58. The molecule has 5 nitrogen and oxygen atoms in total. The van der Waals surface area contributed by atoms with E-state index in [1.807, 2.05) is 0 Å². The second-order valence-electron chi connectivity index (χ2n) is 4.34. The zero-order valence-corrected chi connectivity index (χ0v) is 9.74. The first-order valence-corrected chi connectivity index (χ1v) is 5.71. The van der Waals surface area contributed by atoms with Crippen LogP contribution in [0.1, 0.15) is 26.2 Å². The van der Waals surface area contributed by atoms with Crippen molar-refractivity contribution in [1.82, 2.24) is 10.2 Å². The van der Waals surface area contributed by atoms with E-state index in [0.29, 0.717) is 6.67 Å². The lowest BCUT2D eigenvalue weighted by molar-refractivity contribution is -0.119. The maximum absolute atomic E-state index is 11.4. The molecule has 1 atom stereocenters. The van der Waals surface area contributed by atoms with E-state index in [4.69, 9.17) is 5.73 Å². The van der Waals surface area contributed by atoms with E-state index >= 15 is 0 Å². The number of hydrogen-bond donors (Lipinski definition) is 2. The van der Waals surface area contributed by atoms with E-state index in [1.54, 1.807) is 6.92 Å². The van der Waals surface area contributed by atoms with Crippen molar-refractivity contribution in [1.29, 1.82) is 0 Å². The molecule has 5 heteroatoms. The summed E-state index contributed by atoms with van der Waals surface area (Å²) < 4.78 is 0. The van der Waals surface area contributed by atoms with E-state index in [9.17, 15) is 9.59 Å². The Morgan fingerprint density at radius 1 is 1.44 bits per heavy atom. The van der Waals surface area contributed by atoms with Gasteiger partial charge < -0.3 is 11.1 Å². The summed E-state index contributed by atoms with van der Waals surface area (Å²) in [5.41, 5.74) is 5.04. The van der Waals surface area contributed by atoms with E-state index < -0.39 is 0 Å². The summed E-state index contributed by atoms with van der Waals surface area (Å²) in [4.78, 5) is 24.3. The Balaban J connectivity index is 2.12. The molecule has 0 bridgehead atoms. The molecule has 1 aliphatic rings. The van der Waals surface area contributed by atoms with Gasteiger partial charge in [0.2, 0.25) is 11.8 Å². The third-order valence-electron chi connectivity index (χ3n) is 2.63. The topological polar surface area (TPSA) is 75.4 Å². The smallest absolute Gasteiger partial charge is 0.225 e. The average Bonchev–Trinajstić information content (AvgIpc) is 2.65. The number of carbonyl (C=O) groups is 2. The van der Waals surface area contributed by atoms with Crippen molar-refractivity contribution in [2.24, 2.45) is 11.7 Å². The second-order valence-corrected chi connectivity index (χ2v) is 4.34. The molecule has 0 aromatic rings. The molecule has 1 heterocycles. The fourth-order valence-corrected chi connectivity index (χ4v) is 1.82. The quantitative estimate of drug-likeness (QED) is 0.662. The van der Waals surface area contributed by atoms with Crippen LogP contribution in [0.5, 0.6) is 0 Å². The number of rotatable bonds is 6. The molecule has 1 fully saturated rings. The molecule has 0 saturated carbocycles. The number of amides is 2. The van der Waals surface area contributed by atoms with E-state index in [-0.39, 0.29) is 24.2 Å². The largest absolute Gasteiger partial charge is 0.370 e. The van der Waals surface area contributed by atoms with Crippen LogP contribution in [0.3, 0.4) is 0 Å². The van der Waals surface area contributed by atoms with Crippen molar-refractivity contribution >= 4 is 11.8 Å². The van der Waals surface area contributed by atoms with E-state index in [0.717, 1.165) is 13.1 Å². The molecule has 1 rings (SSSR count). The third-order valence-corrected chi connectivity index (χ3v) is 2.63. The Labute approximate surface area is 96.4 Å². The molecule has 1 saturated heterocycles. The minimum absolute atomic E-state index is 0.101. The summed E-state index contributed by atoms with van der Waals surface area (Å²) in [5.74, 6) is -0.604. The molecule has 0 aromatic carbocycles. The minimum Gasteiger partial charge on any atom is -0.370 e. The van der Waals surface area contributed by atoms with Gasteiger partial charge in [-0.2, -0.15) is 0 Å². The number of carbonyl (C=O) groups excluding carboxylic acids is 2. The molecule has 1 aliphatic heterocycles. The number of hydrogen-bond acceptors (Lipinski definition) is 3. The van der Waals surface area contributed by atoms with Gasteiger partial charge in [-0.05, 0) is 31.8 Å². The standard InChI is InChI=1S/C11H20N3O2/c1-9(6-10(12)15)7-11(16)13-8-14-4-2-3-5-14/h7,9H,2-6,8H2,1H3,(H2,12,15)(H,13,16)/t9-/m1/s1. The average molecular weight is 226 g/mol. The predicted molar refractivity (Wildman–Crippen MR) is 61.1 cm³/mol. The van der Waals surface area contributed by atoms with Crippen LogP contribution in [-0.2, 0) is 9.59 Å². The van der Waals surface area contributed by atoms with Crippen LogP contribution in [0.2, 0.25) is 0 Å². The molecule has 2 amide bonds. The van der Waals surface area contributed by atoms with Crippen LogP contribution in [0.4, 0.5) is 0 Å². The summed E-state index contributed by atoms with van der Waals surface area (Å²) in [6.45, 7) is 4.51. The SMILES string of the molecule is C[C@@H]([CH]C(=O)NCN1CCCC1)CC(N)=O. The summed E-state index contributed by atoms with van der Waals surface area (Å²) in [6.07, 6.45) is 4.15. The van der Waals surface area contributed by atoms with Gasteiger partial charge in [0.25, 0.3) is 0 Å². The Kier molecular flexibility index (Phi) is 5.25. The van der Waals surface area contributed by atoms with E-state index in [1.165, 1.54) is 19.3 Å². The van der Waals surface area contributed by atoms with Gasteiger partial charge in [0.05, 0.1) is 13.1 Å². The number of primary amides is 1. The lowest BCUT2D eigenvalue weighted by Crippen LogP contribution is -2.37. The van der Waals surface area contributed by atoms with Gasteiger partial charge in [0.1, 0.15) is 0 Å². The minimum atomic E-state index is -0.379. The summed E-state index contributed by atoms with van der Waals surface area (Å²) in [7, 11) is 0. The molecule has 16 heavy (non-hydrogen) atoms. The molecule has 0 unspecified atom stereocenters. The zero-order chi connectivity index (χ0) is 12.0. The molecule has 0 aromatic heterocycles. The number of nitrogens with two attached hydrogens (primary N) is 1. The van der Waals surface area contributed by atoms with Crippen LogP contribution in [0, 0.1) is 12.3 Å². The monoisotopic (exact) mass is 226 g/mol. The van der Waals surface area contributed by atoms with Crippen LogP contribution in [-0.4, -0.2) is 36.5 Å². The molecule has 0 spiro atoms. The van der Waals surface area contributed by atoms with Crippen LogP contribution in [0.25, 0.3) is 0 Å². The van der Waals surface area contributed by atoms with Gasteiger partial charge in [-0.3, -0.25) is 14.5 Å². The van der Waals surface area contributed by atoms with Crippen LogP contribution < -0.4 is 11.1 Å². The summed E-state index contributed by atoms with van der Waals surface area (Å²) in [6, 6.07) is 0. The van der Waals surface area contributed by atoms with Gasteiger partial charge >= 0.3 is 0 Å². The maximum Gasteiger partial charge on any atom is 0.225 e. The molecule has 91 valence electrons. The number of nitrogens with one attached hydrogen (secondary N) is 1. The highest BCUT2D eigenvalue weighted by atomic mass is 16.2. The number of likely N-dealkylation sites (tertiary alicyclic amines) is 1. The highest BCUT2D eigenvalue weighted by Crippen LogP contribution is 2.07. The maximum atomic E-state index is 11.4. The van der Waals surface area contributed by atoms with Crippen molar-refractivity contribution in [2.45, 2.75) is 26.2 Å². The third kappa shape index (κ3) is 5.11.